The van der Waals surface area contributed by atoms with Gasteiger partial charge in [-0.25, -0.2) is 0 Å². The number of hydrogen-bond donors (Lipinski definition) is 0. The Kier molecular flexibility index (Phi) is 6.96. The lowest BCUT2D eigenvalue weighted by molar-refractivity contribution is 0.216. The van der Waals surface area contributed by atoms with Gasteiger partial charge in [-0.3, -0.25) is 0 Å². The summed E-state index contributed by atoms with van der Waals surface area (Å²) in [5.41, 5.74) is 1.35. The number of hydrogen-bond acceptors (Lipinski definition) is 0. The summed E-state index contributed by atoms with van der Waals surface area (Å²) in [6, 6.07) is 0. The molecule has 3 unspecified atom stereocenters. The molecule has 0 aromatic heterocycles. The van der Waals surface area contributed by atoms with E-state index in [0.29, 0.717) is 5.92 Å². The van der Waals surface area contributed by atoms with Crippen LogP contribution in [0.4, 0.5) is 0 Å². The van der Waals surface area contributed by atoms with E-state index in [0.717, 1.165) is 17.8 Å². The fraction of sp³-hybridized carbons (Fsp3) is 0.867. The van der Waals surface area contributed by atoms with Crippen LogP contribution in [-0.2, 0) is 0 Å². The summed E-state index contributed by atoms with van der Waals surface area (Å²) in [5.74, 6) is 3.21. The molecular formula is C15H30. The predicted molar refractivity (Wildman–Crippen MR) is 71.0 cm³/mol. The smallest absolute Gasteiger partial charge is 0.0206 e. The quantitative estimate of drug-likeness (QED) is 0.500. The molecule has 0 heterocycles. The van der Waals surface area contributed by atoms with Gasteiger partial charge in [0.25, 0.3) is 0 Å². The Hall–Kier alpha value is -0.260. The monoisotopic (exact) mass is 210 g/mol. The van der Waals surface area contributed by atoms with Crippen molar-refractivity contribution in [2.45, 2.75) is 60.8 Å². The Morgan fingerprint density at radius 1 is 1.07 bits per heavy atom. The standard InChI is InChI=1S/C15H30/c1-8-14(10-11(3)4)15(9-2)13(7)12(5)6/h11,13-15H,5,8-10H2,1-4,6-7H3. The minimum absolute atomic E-state index is 0.679. The van der Waals surface area contributed by atoms with E-state index in [9.17, 15) is 0 Å². The molecule has 0 rings (SSSR count). The van der Waals surface area contributed by atoms with E-state index in [2.05, 4.69) is 48.1 Å². The van der Waals surface area contributed by atoms with E-state index in [1.54, 1.807) is 0 Å². The summed E-state index contributed by atoms with van der Waals surface area (Å²) >= 11 is 0. The van der Waals surface area contributed by atoms with Crippen molar-refractivity contribution in [1.82, 2.24) is 0 Å². The highest BCUT2D eigenvalue weighted by atomic mass is 14.3. The molecule has 0 bridgehead atoms. The molecule has 15 heavy (non-hydrogen) atoms. The van der Waals surface area contributed by atoms with Crippen LogP contribution < -0.4 is 0 Å². The van der Waals surface area contributed by atoms with Crippen molar-refractivity contribution in [3.05, 3.63) is 12.2 Å². The van der Waals surface area contributed by atoms with Crippen LogP contribution in [0.25, 0.3) is 0 Å². The van der Waals surface area contributed by atoms with Crippen molar-refractivity contribution in [3.8, 4) is 0 Å². The van der Waals surface area contributed by atoms with Crippen LogP contribution >= 0.6 is 0 Å². The van der Waals surface area contributed by atoms with E-state index in [1.807, 2.05) is 0 Å². The van der Waals surface area contributed by atoms with E-state index < -0.39 is 0 Å². The normalized spacial score (nSPS) is 17.5. The third-order valence-corrected chi connectivity index (χ3v) is 3.79. The average molecular weight is 210 g/mol. The first-order chi connectivity index (χ1) is 6.93. The van der Waals surface area contributed by atoms with Crippen molar-refractivity contribution in [2.24, 2.45) is 23.7 Å². The maximum absolute atomic E-state index is 4.12. The van der Waals surface area contributed by atoms with Gasteiger partial charge in [-0.2, -0.15) is 0 Å². The first kappa shape index (κ1) is 14.7. The van der Waals surface area contributed by atoms with Crippen LogP contribution in [0.3, 0.4) is 0 Å². The van der Waals surface area contributed by atoms with Gasteiger partial charge in [0.05, 0.1) is 0 Å². The van der Waals surface area contributed by atoms with Crippen molar-refractivity contribution in [2.75, 3.05) is 0 Å². The molecule has 0 aromatic carbocycles. The van der Waals surface area contributed by atoms with E-state index in [-0.39, 0.29) is 0 Å². The third-order valence-electron chi connectivity index (χ3n) is 3.79. The van der Waals surface area contributed by atoms with E-state index in [4.69, 9.17) is 0 Å². The van der Waals surface area contributed by atoms with Crippen LogP contribution in [0.1, 0.15) is 60.8 Å². The Morgan fingerprint density at radius 3 is 1.87 bits per heavy atom. The van der Waals surface area contributed by atoms with Gasteiger partial charge in [-0.15, -0.1) is 0 Å². The van der Waals surface area contributed by atoms with Gasteiger partial charge in [0, 0.05) is 0 Å². The molecule has 0 aliphatic carbocycles. The number of allylic oxidation sites excluding steroid dienone is 1. The summed E-state index contributed by atoms with van der Waals surface area (Å²) < 4.78 is 0. The van der Waals surface area contributed by atoms with Crippen LogP contribution in [-0.4, -0.2) is 0 Å². The topological polar surface area (TPSA) is 0 Å². The third kappa shape index (κ3) is 4.86. The molecule has 0 amide bonds. The lowest BCUT2D eigenvalue weighted by Gasteiger charge is -2.32. The highest BCUT2D eigenvalue weighted by molar-refractivity contribution is 4.98. The van der Waals surface area contributed by atoms with Crippen molar-refractivity contribution in [1.29, 1.82) is 0 Å². The van der Waals surface area contributed by atoms with Crippen LogP contribution in [0.5, 0.6) is 0 Å². The zero-order valence-electron chi connectivity index (χ0n) is 11.6. The largest absolute Gasteiger partial charge is 0.0999 e. The van der Waals surface area contributed by atoms with Gasteiger partial charge in [-0.05, 0) is 37.0 Å². The first-order valence-electron chi connectivity index (χ1n) is 6.59. The van der Waals surface area contributed by atoms with E-state index >= 15 is 0 Å². The summed E-state index contributed by atoms with van der Waals surface area (Å²) in [5, 5.41) is 0. The summed E-state index contributed by atoms with van der Waals surface area (Å²) in [4.78, 5) is 0. The minimum atomic E-state index is 0.679. The highest BCUT2D eigenvalue weighted by Crippen LogP contribution is 2.34. The molecular weight excluding hydrogens is 180 g/mol. The van der Waals surface area contributed by atoms with Gasteiger partial charge < -0.3 is 0 Å². The summed E-state index contributed by atoms with van der Waals surface area (Å²) in [6.07, 6.45) is 3.97. The molecule has 0 heteroatoms. The first-order valence-corrected chi connectivity index (χ1v) is 6.59. The van der Waals surface area contributed by atoms with E-state index in [1.165, 1.54) is 24.8 Å². The van der Waals surface area contributed by atoms with Gasteiger partial charge in [0.2, 0.25) is 0 Å². The fourth-order valence-corrected chi connectivity index (χ4v) is 2.71. The average Bonchev–Trinajstić information content (AvgIpc) is 2.16. The Morgan fingerprint density at radius 2 is 1.60 bits per heavy atom. The zero-order valence-corrected chi connectivity index (χ0v) is 11.6. The Balaban J connectivity index is 4.52. The zero-order chi connectivity index (χ0) is 12.0. The van der Waals surface area contributed by atoms with Crippen LogP contribution in [0.15, 0.2) is 12.2 Å². The molecule has 90 valence electrons. The molecule has 0 fully saturated rings. The molecule has 0 radical (unpaired) electrons. The number of rotatable bonds is 7. The highest BCUT2D eigenvalue weighted by Gasteiger charge is 2.24. The van der Waals surface area contributed by atoms with Crippen LogP contribution in [0, 0.1) is 23.7 Å². The molecule has 0 N–H and O–H groups in total. The van der Waals surface area contributed by atoms with Crippen molar-refractivity contribution in [3.63, 3.8) is 0 Å². The Bertz CT molecular complexity index is 178. The second kappa shape index (κ2) is 7.09. The molecule has 0 nitrogen and oxygen atoms in total. The molecule has 3 atom stereocenters. The second-order valence-electron chi connectivity index (χ2n) is 5.51. The van der Waals surface area contributed by atoms with Crippen molar-refractivity contribution < 1.29 is 0 Å². The maximum atomic E-state index is 4.12. The van der Waals surface area contributed by atoms with Gasteiger partial charge in [-0.1, -0.05) is 59.6 Å². The lowest BCUT2D eigenvalue weighted by Crippen LogP contribution is -2.23. The molecule has 0 aromatic rings. The van der Waals surface area contributed by atoms with Crippen LogP contribution in [0.2, 0.25) is 0 Å². The SMILES string of the molecule is C=C(C)C(C)C(CC)C(CC)CC(C)C. The predicted octanol–water partition coefficient (Wildman–Crippen LogP) is 5.30. The minimum Gasteiger partial charge on any atom is -0.0999 e. The second-order valence-corrected chi connectivity index (χ2v) is 5.51. The summed E-state index contributed by atoms with van der Waals surface area (Å²) in [6.45, 7) is 18.0. The van der Waals surface area contributed by atoms with Crippen molar-refractivity contribution >= 4 is 0 Å². The van der Waals surface area contributed by atoms with Gasteiger partial charge >= 0.3 is 0 Å². The molecule has 0 saturated carbocycles. The maximum Gasteiger partial charge on any atom is -0.0206 e. The lowest BCUT2D eigenvalue weighted by atomic mass is 9.73. The molecule has 0 aliphatic rings. The fourth-order valence-electron chi connectivity index (χ4n) is 2.71. The Labute approximate surface area is 97.2 Å². The molecule has 0 spiro atoms. The van der Waals surface area contributed by atoms with Gasteiger partial charge in [0.1, 0.15) is 0 Å². The van der Waals surface area contributed by atoms with Gasteiger partial charge in [0.15, 0.2) is 0 Å². The summed E-state index contributed by atoms with van der Waals surface area (Å²) in [7, 11) is 0. The molecule has 0 saturated heterocycles. The molecule has 0 aliphatic heterocycles.